The lowest BCUT2D eigenvalue weighted by Crippen LogP contribution is -2.09. The molecule has 0 atom stereocenters. The van der Waals surface area contributed by atoms with E-state index < -0.39 is 0 Å². The van der Waals surface area contributed by atoms with Gasteiger partial charge in [0.15, 0.2) is 0 Å². The minimum atomic E-state index is 0.904. The Kier molecular flexibility index (Phi) is 5.06. The Morgan fingerprint density at radius 1 is 0.386 bits per heavy atom. The van der Waals surface area contributed by atoms with Gasteiger partial charge in [0.25, 0.3) is 0 Å². The van der Waals surface area contributed by atoms with E-state index in [1.807, 2.05) is 34.8 Å². The largest absolute Gasteiger partial charge is 0.456 e. The Hall–Kier alpha value is -5.16. The molecule has 0 spiro atoms. The SMILES string of the molecule is c1ccc2c(c1)ccc1c3ccc(N(c4ccc5c(c4)sc4ccccc45)c4ccc5oc6ccccc6c5c4)cc3sc21. The second kappa shape index (κ2) is 9.17. The molecule has 7 aromatic carbocycles. The highest BCUT2D eigenvalue weighted by Crippen LogP contribution is 2.45. The highest BCUT2D eigenvalue weighted by molar-refractivity contribution is 7.27. The van der Waals surface area contributed by atoms with E-state index in [2.05, 4.69) is 132 Å². The summed E-state index contributed by atoms with van der Waals surface area (Å²) in [6, 6.07) is 50.6. The minimum absolute atomic E-state index is 0.904. The fraction of sp³-hybridized carbons (Fsp3) is 0. The van der Waals surface area contributed by atoms with Crippen LogP contribution in [0.15, 0.2) is 144 Å². The van der Waals surface area contributed by atoms with E-state index in [4.69, 9.17) is 4.42 Å². The maximum absolute atomic E-state index is 6.20. The van der Waals surface area contributed by atoms with Crippen molar-refractivity contribution in [3.63, 3.8) is 0 Å². The molecular weight excluding hydrogens is 575 g/mol. The third-order valence-electron chi connectivity index (χ3n) is 8.84. The van der Waals surface area contributed by atoms with E-state index in [0.717, 1.165) is 39.0 Å². The summed E-state index contributed by atoms with van der Waals surface area (Å²) in [5, 5.41) is 10.1. The summed E-state index contributed by atoms with van der Waals surface area (Å²) < 4.78 is 11.4. The predicted molar refractivity (Wildman–Crippen MR) is 192 cm³/mol. The van der Waals surface area contributed by atoms with Gasteiger partial charge in [-0.2, -0.15) is 0 Å². The minimum Gasteiger partial charge on any atom is -0.456 e. The van der Waals surface area contributed by atoms with Crippen LogP contribution >= 0.6 is 22.7 Å². The van der Waals surface area contributed by atoms with Crippen LogP contribution in [0.5, 0.6) is 0 Å². The Bertz CT molecular complexity index is 2750. The average Bonchev–Trinajstić information content (AvgIpc) is 3.75. The number of benzene rings is 7. The average molecular weight is 598 g/mol. The lowest BCUT2D eigenvalue weighted by molar-refractivity contribution is 0.669. The van der Waals surface area contributed by atoms with Crippen molar-refractivity contribution in [2.45, 2.75) is 0 Å². The molecule has 10 rings (SSSR count). The van der Waals surface area contributed by atoms with Gasteiger partial charge < -0.3 is 9.32 Å². The maximum Gasteiger partial charge on any atom is 0.135 e. The fourth-order valence-corrected chi connectivity index (χ4v) is 9.20. The molecule has 0 aliphatic rings. The molecule has 10 aromatic rings. The summed E-state index contributed by atoms with van der Waals surface area (Å²) in [6.07, 6.45) is 0. The summed E-state index contributed by atoms with van der Waals surface area (Å²) >= 11 is 3.74. The lowest BCUT2D eigenvalue weighted by atomic mass is 10.1. The van der Waals surface area contributed by atoms with Gasteiger partial charge in [-0.3, -0.25) is 0 Å². The smallest absolute Gasteiger partial charge is 0.135 e. The maximum atomic E-state index is 6.20. The number of hydrogen-bond donors (Lipinski definition) is 0. The van der Waals surface area contributed by atoms with Crippen molar-refractivity contribution < 1.29 is 4.42 Å². The van der Waals surface area contributed by atoms with Crippen molar-refractivity contribution >= 4 is 113 Å². The molecule has 2 nitrogen and oxygen atoms in total. The number of rotatable bonds is 3. The van der Waals surface area contributed by atoms with Gasteiger partial charge in [-0.15, -0.1) is 22.7 Å². The van der Waals surface area contributed by atoms with Crippen LogP contribution in [0.25, 0.3) is 73.1 Å². The molecule has 0 unspecified atom stereocenters. The van der Waals surface area contributed by atoms with E-state index in [9.17, 15) is 0 Å². The summed E-state index contributed by atoms with van der Waals surface area (Å²) in [5.74, 6) is 0. The molecule has 4 heteroatoms. The van der Waals surface area contributed by atoms with E-state index in [0.29, 0.717) is 0 Å². The number of nitrogens with zero attached hydrogens (tertiary/aromatic N) is 1. The first-order chi connectivity index (χ1) is 21.8. The van der Waals surface area contributed by atoms with Crippen molar-refractivity contribution in [2.75, 3.05) is 4.90 Å². The highest BCUT2D eigenvalue weighted by atomic mass is 32.1. The Balaban J connectivity index is 1.22. The van der Waals surface area contributed by atoms with Crippen molar-refractivity contribution in [1.82, 2.24) is 0 Å². The number of fused-ring (bicyclic) bond motifs is 11. The van der Waals surface area contributed by atoms with Gasteiger partial charge in [0.2, 0.25) is 0 Å². The number of para-hydroxylation sites is 1. The quantitative estimate of drug-likeness (QED) is 0.201. The monoisotopic (exact) mass is 597 g/mol. The highest BCUT2D eigenvalue weighted by Gasteiger charge is 2.18. The molecule has 0 fully saturated rings. The summed E-state index contributed by atoms with van der Waals surface area (Å²) in [7, 11) is 0. The van der Waals surface area contributed by atoms with Crippen LogP contribution in [0, 0.1) is 0 Å². The van der Waals surface area contributed by atoms with Gasteiger partial charge in [0.1, 0.15) is 11.2 Å². The van der Waals surface area contributed by atoms with Crippen LogP contribution in [-0.4, -0.2) is 0 Å². The molecular formula is C40H23NOS2. The predicted octanol–water partition coefficient (Wildman–Crippen LogP) is 12.9. The van der Waals surface area contributed by atoms with Crippen LogP contribution in [0.4, 0.5) is 17.1 Å². The number of hydrogen-bond acceptors (Lipinski definition) is 4. The molecule has 0 saturated carbocycles. The van der Waals surface area contributed by atoms with Crippen LogP contribution in [0.2, 0.25) is 0 Å². The fourth-order valence-electron chi connectivity index (χ4n) is 6.79. The van der Waals surface area contributed by atoms with E-state index in [-0.39, 0.29) is 0 Å². The third kappa shape index (κ3) is 3.53. The molecule has 0 bridgehead atoms. The summed E-state index contributed by atoms with van der Waals surface area (Å²) in [4.78, 5) is 2.40. The zero-order chi connectivity index (χ0) is 28.8. The second-order valence-corrected chi connectivity index (χ2v) is 13.5. The molecule has 0 aliphatic carbocycles. The van der Waals surface area contributed by atoms with Crippen LogP contribution < -0.4 is 4.90 Å². The van der Waals surface area contributed by atoms with Crippen LogP contribution in [-0.2, 0) is 0 Å². The number of furan rings is 1. The van der Waals surface area contributed by atoms with E-state index in [1.54, 1.807) is 0 Å². The second-order valence-electron chi connectivity index (χ2n) is 11.3. The standard InChI is InChI=1S/C40H23NOS2/c1-2-8-28-24(7-1)13-17-33-32-19-15-27(23-39(32)44-40(28)33)41(25-16-20-36-34(21-25)29-9-3-5-11-35(29)42-36)26-14-18-31-30-10-4-6-12-37(30)43-38(31)22-26/h1-23H. The first-order valence-corrected chi connectivity index (χ1v) is 16.4. The Morgan fingerprint density at radius 3 is 1.84 bits per heavy atom. The third-order valence-corrected chi connectivity index (χ3v) is 11.2. The van der Waals surface area contributed by atoms with Crippen molar-refractivity contribution in [2.24, 2.45) is 0 Å². The van der Waals surface area contributed by atoms with E-state index in [1.165, 1.54) is 51.1 Å². The zero-order valence-corrected chi connectivity index (χ0v) is 25.1. The van der Waals surface area contributed by atoms with Crippen LogP contribution in [0.3, 0.4) is 0 Å². The molecule has 3 aromatic heterocycles. The van der Waals surface area contributed by atoms with Crippen LogP contribution in [0.1, 0.15) is 0 Å². The van der Waals surface area contributed by atoms with Gasteiger partial charge in [0.05, 0.1) is 0 Å². The topological polar surface area (TPSA) is 16.4 Å². The first-order valence-electron chi connectivity index (χ1n) is 14.8. The van der Waals surface area contributed by atoms with Gasteiger partial charge in [-0.1, -0.05) is 84.9 Å². The lowest BCUT2D eigenvalue weighted by Gasteiger charge is -2.25. The molecule has 0 N–H and O–H groups in total. The molecule has 0 radical (unpaired) electrons. The Morgan fingerprint density at radius 2 is 0.977 bits per heavy atom. The van der Waals surface area contributed by atoms with E-state index >= 15 is 0 Å². The summed E-state index contributed by atoms with van der Waals surface area (Å²) in [5.41, 5.74) is 5.21. The molecule has 0 amide bonds. The van der Waals surface area contributed by atoms with Gasteiger partial charge in [0, 0.05) is 68.2 Å². The van der Waals surface area contributed by atoms with Crippen molar-refractivity contribution in [1.29, 1.82) is 0 Å². The zero-order valence-electron chi connectivity index (χ0n) is 23.5. The molecule has 3 heterocycles. The molecule has 44 heavy (non-hydrogen) atoms. The normalized spacial score (nSPS) is 12.1. The first kappa shape index (κ1) is 24.3. The molecule has 0 saturated heterocycles. The Labute approximate surface area is 260 Å². The summed E-state index contributed by atoms with van der Waals surface area (Å²) in [6.45, 7) is 0. The van der Waals surface area contributed by atoms with Crippen molar-refractivity contribution in [3.8, 4) is 0 Å². The van der Waals surface area contributed by atoms with Gasteiger partial charge >= 0.3 is 0 Å². The molecule has 0 aliphatic heterocycles. The number of anilines is 3. The van der Waals surface area contributed by atoms with Gasteiger partial charge in [-0.25, -0.2) is 0 Å². The molecule has 206 valence electrons. The van der Waals surface area contributed by atoms with Gasteiger partial charge in [-0.05, 0) is 65.4 Å². The number of thiophene rings is 2. The van der Waals surface area contributed by atoms with Crippen molar-refractivity contribution in [3.05, 3.63) is 140 Å².